The van der Waals surface area contributed by atoms with E-state index in [-0.39, 0.29) is 12.4 Å². The van der Waals surface area contributed by atoms with Gasteiger partial charge in [0.25, 0.3) is 0 Å². The molecule has 102 valence electrons. The Bertz CT molecular complexity index is 795. The molecule has 0 bridgehead atoms. The molecular weight excluding hydrogens is 257 g/mol. The summed E-state index contributed by atoms with van der Waals surface area (Å²) in [5.41, 5.74) is 9.20. The van der Waals surface area contributed by atoms with E-state index in [1.807, 2.05) is 6.07 Å². The highest BCUT2D eigenvalue weighted by atomic mass is 19.1. The number of rotatable bonds is 2. The number of anilines is 1. The van der Waals surface area contributed by atoms with Gasteiger partial charge in [-0.2, -0.15) is 0 Å². The van der Waals surface area contributed by atoms with Crippen molar-refractivity contribution in [1.29, 1.82) is 0 Å². The second-order valence-electron chi connectivity index (χ2n) is 4.70. The largest absolute Gasteiger partial charge is 0.399 e. The Labute approximate surface area is 115 Å². The number of hydrogen-bond acceptors (Lipinski definition) is 3. The summed E-state index contributed by atoms with van der Waals surface area (Å²) in [6.07, 6.45) is 0. The van der Waals surface area contributed by atoms with E-state index in [9.17, 15) is 9.50 Å². The summed E-state index contributed by atoms with van der Waals surface area (Å²) in [6, 6.07) is 10.2. The molecule has 0 atom stereocenters. The normalized spacial score (nSPS) is 11.2. The number of fused-ring (bicyclic) bond motifs is 1. The number of benzene rings is 2. The first-order valence-corrected chi connectivity index (χ1v) is 6.24. The van der Waals surface area contributed by atoms with Gasteiger partial charge in [-0.25, -0.2) is 9.37 Å². The topological polar surface area (TPSA) is 64.1 Å². The fourth-order valence-electron chi connectivity index (χ4n) is 2.31. The van der Waals surface area contributed by atoms with Crippen molar-refractivity contribution in [2.24, 2.45) is 0 Å². The number of aliphatic hydroxyl groups excluding tert-OH is 1. The Balaban J connectivity index is 2.30. The molecule has 0 fully saturated rings. The molecule has 0 aliphatic rings. The van der Waals surface area contributed by atoms with Crippen molar-refractivity contribution >= 4 is 16.7 Å². The number of halogens is 1. The monoisotopic (exact) mass is 271 g/mol. The van der Waals surface area contributed by atoms with Crippen LogP contribution in [-0.2, 0) is 6.61 Å². The van der Waals surface area contributed by atoms with Crippen LogP contribution in [0.1, 0.15) is 11.4 Å². The number of aromatic nitrogens is 2. The Morgan fingerprint density at radius 2 is 2.05 bits per heavy atom. The average Bonchev–Trinajstić information content (AvgIpc) is 2.79. The molecule has 3 rings (SSSR count). The first-order valence-electron chi connectivity index (χ1n) is 6.24. The third-order valence-corrected chi connectivity index (χ3v) is 3.29. The van der Waals surface area contributed by atoms with E-state index >= 15 is 0 Å². The van der Waals surface area contributed by atoms with E-state index < -0.39 is 0 Å². The van der Waals surface area contributed by atoms with Crippen LogP contribution in [0.25, 0.3) is 16.7 Å². The highest BCUT2D eigenvalue weighted by molar-refractivity contribution is 5.81. The molecule has 0 radical (unpaired) electrons. The van der Waals surface area contributed by atoms with Crippen LogP contribution < -0.4 is 5.73 Å². The fraction of sp³-hybridized carbons (Fsp3) is 0.133. The third kappa shape index (κ3) is 1.92. The second kappa shape index (κ2) is 4.61. The quantitative estimate of drug-likeness (QED) is 0.704. The lowest BCUT2D eigenvalue weighted by Gasteiger charge is -2.09. The standard InChI is InChI=1S/C15H14FN3O/c1-9-6-11(3-4-12(9)16)19-14-5-2-10(17)7-13(14)18-15(19)8-20/h2-7,20H,8,17H2,1H3. The van der Waals surface area contributed by atoms with Gasteiger partial charge in [-0.1, -0.05) is 0 Å². The van der Waals surface area contributed by atoms with Gasteiger partial charge in [-0.15, -0.1) is 0 Å². The van der Waals surface area contributed by atoms with Crippen LogP contribution in [-0.4, -0.2) is 14.7 Å². The first kappa shape index (κ1) is 12.6. The molecule has 0 amide bonds. The molecule has 20 heavy (non-hydrogen) atoms. The Kier molecular flexibility index (Phi) is 2.91. The predicted octanol–water partition coefficient (Wildman–Crippen LogP) is 2.55. The Hall–Kier alpha value is -2.40. The molecule has 1 heterocycles. The number of nitrogens with two attached hydrogens (primary N) is 1. The maximum absolute atomic E-state index is 13.4. The summed E-state index contributed by atoms with van der Waals surface area (Å²) >= 11 is 0. The zero-order valence-corrected chi connectivity index (χ0v) is 11.0. The summed E-state index contributed by atoms with van der Waals surface area (Å²) in [4.78, 5) is 4.36. The lowest BCUT2D eigenvalue weighted by molar-refractivity contribution is 0.270. The summed E-state index contributed by atoms with van der Waals surface area (Å²) in [5.74, 6) is 0.240. The van der Waals surface area contributed by atoms with Crippen LogP contribution in [0, 0.1) is 12.7 Å². The number of nitrogen functional groups attached to an aromatic ring is 1. The predicted molar refractivity (Wildman–Crippen MR) is 76.1 cm³/mol. The summed E-state index contributed by atoms with van der Waals surface area (Å²) < 4.78 is 15.2. The number of imidazole rings is 1. The van der Waals surface area contributed by atoms with Gasteiger partial charge in [0.15, 0.2) is 0 Å². The van der Waals surface area contributed by atoms with E-state index in [2.05, 4.69) is 4.98 Å². The Morgan fingerprint density at radius 1 is 1.25 bits per heavy atom. The van der Waals surface area contributed by atoms with Gasteiger partial charge in [0, 0.05) is 11.4 Å². The van der Waals surface area contributed by atoms with Gasteiger partial charge >= 0.3 is 0 Å². The molecule has 0 saturated heterocycles. The van der Waals surface area contributed by atoms with Crippen molar-refractivity contribution in [1.82, 2.24) is 9.55 Å². The van der Waals surface area contributed by atoms with Crippen LogP contribution in [0.5, 0.6) is 0 Å². The van der Waals surface area contributed by atoms with Crippen molar-refractivity contribution in [2.75, 3.05) is 5.73 Å². The Morgan fingerprint density at radius 3 is 2.75 bits per heavy atom. The fourth-order valence-corrected chi connectivity index (χ4v) is 2.31. The number of aryl methyl sites for hydroxylation is 1. The molecule has 0 aliphatic heterocycles. The van der Waals surface area contributed by atoms with Crippen molar-refractivity contribution in [2.45, 2.75) is 13.5 Å². The lowest BCUT2D eigenvalue weighted by atomic mass is 10.2. The molecule has 3 N–H and O–H groups in total. The van der Waals surface area contributed by atoms with Crippen LogP contribution in [0.2, 0.25) is 0 Å². The number of aliphatic hydroxyl groups is 1. The highest BCUT2D eigenvalue weighted by Crippen LogP contribution is 2.24. The number of nitrogens with zero attached hydrogens (tertiary/aromatic N) is 2. The average molecular weight is 271 g/mol. The third-order valence-electron chi connectivity index (χ3n) is 3.29. The molecular formula is C15H14FN3O. The van der Waals surface area contributed by atoms with Gasteiger partial charge in [-0.3, -0.25) is 4.57 Å². The summed E-state index contributed by atoms with van der Waals surface area (Å²) in [7, 11) is 0. The van der Waals surface area contributed by atoms with Crippen molar-refractivity contribution in [3.05, 3.63) is 53.6 Å². The van der Waals surface area contributed by atoms with Gasteiger partial charge in [0.2, 0.25) is 0 Å². The van der Waals surface area contributed by atoms with Crippen LogP contribution >= 0.6 is 0 Å². The maximum atomic E-state index is 13.4. The van der Waals surface area contributed by atoms with E-state index in [4.69, 9.17) is 5.73 Å². The first-order chi connectivity index (χ1) is 9.60. The zero-order valence-electron chi connectivity index (χ0n) is 11.0. The SMILES string of the molecule is Cc1cc(-n2c(CO)nc3cc(N)ccc32)ccc1F. The zero-order chi connectivity index (χ0) is 14.3. The maximum Gasteiger partial charge on any atom is 0.140 e. The van der Waals surface area contributed by atoms with Gasteiger partial charge < -0.3 is 10.8 Å². The van der Waals surface area contributed by atoms with Gasteiger partial charge in [0.1, 0.15) is 18.2 Å². The summed E-state index contributed by atoms with van der Waals surface area (Å²) in [5, 5.41) is 9.49. The molecule has 5 heteroatoms. The second-order valence-corrected chi connectivity index (χ2v) is 4.70. The van der Waals surface area contributed by atoms with E-state index in [1.165, 1.54) is 6.07 Å². The van der Waals surface area contributed by atoms with Gasteiger partial charge in [0.05, 0.1) is 11.0 Å². The molecule has 4 nitrogen and oxygen atoms in total. The molecule has 3 aromatic rings. The minimum atomic E-state index is -0.257. The van der Waals surface area contributed by atoms with Crippen LogP contribution in [0.3, 0.4) is 0 Å². The molecule has 1 aromatic heterocycles. The van der Waals surface area contributed by atoms with E-state index in [0.717, 1.165) is 11.2 Å². The van der Waals surface area contributed by atoms with Crippen LogP contribution in [0.4, 0.5) is 10.1 Å². The highest BCUT2D eigenvalue weighted by Gasteiger charge is 2.12. The summed E-state index contributed by atoms with van der Waals surface area (Å²) in [6.45, 7) is 1.50. The number of hydrogen-bond donors (Lipinski definition) is 2. The molecule has 0 spiro atoms. The molecule has 0 saturated carbocycles. The van der Waals surface area contributed by atoms with Crippen molar-refractivity contribution in [3.63, 3.8) is 0 Å². The van der Waals surface area contributed by atoms with E-state index in [0.29, 0.717) is 22.6 Å². The van der Waals surface area contributed by atoms with E-state index in [1.54, 1.807) is 35.8 Å². The lowest BCUT2D eigenvalue weighted by Crippen LogP contribution is -2.02. The van der Waals surface area contributed by atoms with Crippen molar-refractivity contribution < 1.29 is 9.50 Å². The molecule has 0 unspecified atom stereocenters. The minimum absolute atomic E-state index is 0.203. The van der Waals surface area contributed by atoms with Crippen LogP contribution in [0.15, 0.2) is 36.4 Å². The van der Waals surface area contributed by atoms with Crippen molar-refractivity contribution in [3.8, 4) is 5.69 Å². The minimum Gasteiger partial charge on any atom is -0.399 e. The molecule has 0 aliphatic carbocycles. The van der Waals surface area contributed by atoms with Gasteiger partial charge in [-0.05, 0) is 48.9 Å². The smallest absolute Gasteiger partial charge is 0.140 e. The molecule has 2 aromatic carbocycles.